The monoisotopic (exact) mass is 328 g/mol. The zero-order chi connectivity index (χ0) is 15.6. The molecule has 2 heterocycles. The third-order valence-electron chi connectivity index (χ3n) is 2.73. The van der Waals surface area contributed by atoms with Crippen LogP contribution in [0.1, 0.15) is 21.2 Å². The Balaban J connectivity index is 2.02. The van der Waals surface area contributed by atoms with Crippen molar-refractivity contribution >= 4 is 34.9 Å². The minimum atomic E-state index is -0.988. The van der Waals surface area contributed by atoms with E-state index < -0.39 is 10.9 Å². The third-order valence-corrected chi connectivity index (χ3v) is 5.00. The number of carboxylic acid groups (broad SMARTS) is 1. The molecule has 0 atom stereocenters. The molecule has 0 unspecified atom stereocenters. The van der Waals surface area contributed by atoms with Gasteiger partial charge in [-0.3, -0.25) is 0 Å². The van der Waals surface area contributed by atoms with E-state index in [0.29, 0.717) is 28.2 Å². The van der Waals surface area contributed by atoms with Gasteiger partial charge >= 0.3 is 11.8 Å². The summed E-state index contributed by atoms with van der Waals surface area (Å²) >= 11 is 2.49. The van der Waals surface area contributed by atoms with Gasteiger partial charge in [-0.05, 0) is 11.8 Å². The first-order valence-electron chi connectivity index (χ1n) is 5.90. The lowest BCUT2D eigenvalue weighted by Gasteiger charge is -2.01. The van der Waals surface area contributed by atoms with Gasteiger partial charge in [-0.2, -0.15) is 0 Å². The van der Waals surface area contributed by atoms with E-state index in [1.165, 1.54) is 22.5 Å². The summed E-state index contributed by atoms with van der Waals surface area (Å²) in [6.07, 6.45) is 1.23. The van der Waals surface area contributed by atoms with Crippen LogP contribution in [0.4, 0.5) is 5.82 Å². The maximum Gasteiger partial charge on any atom is 0.347 e. The largest absolute Gasteiger partial charge is 0.477 e. The number of thioether (sulfide) groups is 1. The molecular formula is C11H12N4O4S2. The smallest absolute Gasteiger partial charge is 0.347 e. The lowest BCUT2D eigenvalue weighted by molar-refractivity contribution is -0.392. The van der Waals surface area contributed by atoms with E-state index in [9.17, 15) is 14.9 Å². The molecule has 112 valence electrons. The van der Waals surface area contributed by atoms with Gasteiger partial charge in [0.15, 0.2) is 10.2 Å². The van der Waals surface area contributed by atoms with Crippen LogP contribution in [0, 0.1) is 24.0 Å². The first kappa shape index (κ1) is 15.4. The van der Waals surface area contributed by atoms with Crippen molar-refractivity contribution in [2.24, 2.45) is 0 Å². The second-order valence-electron chi connectivity index (χ2n) is 4.12. The van der Waals surface area contributed by atoms with E-state index in [0.717, 1.165) is 11.3 Å². The average molecular weight is 328 g/mol. The van der Waals surface area contributed by atoms with Crippen LogP contribution in [0.25, 0.3) is 0 Å². The molecule has 0 radical (unpaired) electrons. The fraction of sp³-hybridized carbons (Fsp3) is 0.364. The molecule has 0 saturated carbocycles. The van der Waals surface area contributed by atoms with E-state index in [2.05, 4.69) is 9.97 Å². The van der Waals surface area contributed by atoms with E-state index in [1.807, 2.05) is 0 Å². The zero-order valence-corrected chi connectivity index (χ0v) is 12.9. The molecule has 0 amide bonds. The molecule has 2 aromatic heterocycles. The Bertz CT molecular complexity index is 694. The van der Waals surface area contributed by atoms with Crippen molar-refractivity contribution in [3.8, 4) is 0 Å². The molecule has 2 rings (SSSR count). The minimum absolute atomic E-state index is 0.0466. The van der Waals surface area contributed by atoms with E-state index >= 15 is 0 Å². The Morgan fingerprint density at radius 1 is 1.57 bits per heavy atom. The predicted molar refractivity (Wildman–Crippen MR) is 78.2 cm³/mol. The van der Waals surface area contributed by atoms with Crippen molar-refractivity contribution in [2.45, 2.75) is 24.7 Å². The van der Waals surface area contributed by atoms with E-state index in [1.54, 1.807) is 13.8 Å². The molecule has 0 spiro atoms. The van der Waals surface area contributed by atoms with Crippen molar-refractivity contribution in [1.82, 2.24) is 14.5 Å². The highest BCUT2D eigenvalue weighted by atomic mass is 32.2. The van der Waals surface area contributed by atoms with Gasteiger partial charge in [0.1, 0.15) is 17.6 Å². The first-order chi connectivity index (χ1) is 9.90. The summed E-state index contributed by atoms with van der Waals surface area (Å²) in [5.41, 5.74) is 0.486. The Morgan fingerprint density at radius 3 is 2.86 bits per heavy atom. The van der Waals surface area contributed by atoms with Gasteiger partial charge in [-0.15, -0.1) is 11.3 Å². The van der Waals surface area contributed by atoms with Crippen LogP contribution in [0.2, 0.25) is 0 Å². The second kappa shape index (κ2) is 6.22. The lowest BCUT2D eigenvalue weighted by Crippen LogP contribution is -2.06. The molecule has 0 fully saturated rings. The summed E-state index contributed by atoms with van der Waals surface area (Å²) in [5, 5.41) is 19.8. The fourth-order valence-electron chi connectivity index (χ4n) is 1.73. The Labute approximate surface area is 128 Å². The van der Waals surface area contributed by atoms with Crippen LogP contribution < -0.4 is 0 Å². The number of aromatic nitrogens is 3. The fourth-order valence-corrected chi connectivity index (χ4v) is 3.76. The Morgan fingerprint density at radius 2 is 2.29 bits per heavy atom. The van der Waals surface area contributed by atoms with Crippen LogP contribution in [-0.4, -0.2) is 36.3 Å². The van der Waals surface area contributed by atoms with Crippen molar-refractivity contribution in [2.75, 3.05) is 5.75 Å². The summed E-state index contributed by atoms with van der Waals surface area (Å²) < 4.78 is 2.16. The normalized spacial score (nSPS) is 10.8. The summed E-state index contributed by atoms with van der Waals surface area (Å²) in [7, 11) is 0. The number of hydrogen-bond donors (Lipinski definition) is 1. The molecule has 2 aromatic rings. The molecule has 0 aliphatic rings. The van der Waals surface area contributed by atoms with Crippen molar-refractivity contribution < 1.29 is 14.8 Å². The van der Waals surface area contributed by atoms with Gasteiger partial charge in [-0.25, -0.2) is 19.3 Å². The van der Waals surface area contributed by atoms with Crippen LogP contribution >= 0.6 is 23.1 Å². The third kappa shape index (κ3) is 3.39. The summed E-state index contributed by atoms with van der Waals surface area (Å²) in [6, 6.07) is 0. The Kier molecular flexibility index (Phi) is 4.58. The number of aromatic carboxylic acids is 1. The van der Waals surface area contributed by atoms with Crippen molar-refractivity contribution in [1.29, 1.82) is 0 Å². The number of rotatable bonds is 6. The highest BCUT2D eigenvalue weighted by Gasteiger charge is 2.18. The molecule has 0 saturated heterocycles. The topological polar surface area (TPSA) is 111 Å². The van der Waals surface area contributed by atoms with Gasteiger partial charge in [0.2, 0.25) is 0 Å². The van der Waals surface area contributed by atoms with Gasteiger partial charge in [0, 0.05) is 12.7 Å². The predicted octanol–water partition coefficient (Wildman–Crippen LogP) is 2.36. The van der Waals surface area contributed by atoms with Crippen LogP contribution in [0.5, 0.6) is 0 Å². The van der Waals surface area contributed by atoms with Crippen molar-refractivity contribution in [3.63, 3.8) is 0 Å². The molecule has 21 heavy (non-hydrogen) atoms. The Hall–Kier alpha value is -1.94. The molecule has 0 aliphatic heterocycles. The van der Waals surface area contributed by atoms with Crippen molar-refractivity contribution in [3.05, 3.63) is 32.7 Å². The number of hydrogen-bond acceptors (Lipinski definition) is 7. The van der Waals surface area contributed by atoms with Gasteiger partial charge in [-0.1, -0.05) is 11.8 Å². The van der Waals surface area contributed by atoms with Gasteiger partial charge in [0.05, 0.1) is 5.69 Å². The van der Waals surface area contributed by atoms with E-state index in [-0.39, 0.29) is 10.7 Å². The number of carbonyl (C=O) groups is 1. The summed E-state index contributed by atoms with van der Waals surface area (Å²) in [4.78, 5) is 29.6. The highest BCUT2D eigenvalue weighted by Crippen LogP contribution is 2.27. The SMILES string of the molecule is Cc1nc(SCCn2c([N+](=O)[O-])cnc2C)sc1C(=O)O. The van der Waals surface area contributed by atoms with Crippen LogP contribution in [0.15, 0.2) is 10.5 Å². The average Bonchev–Trinajstić information content (AvgIpc) is 2.94. The van der Waals surface area contributed by atoms with Crippen LogP contribution in [0.3, 0.4) is 0 Å². The summed E-state index contributed by atoms with van der Waals surface area (Å²) in [6.45, 7) is 3.76. The lowest BCUT2D eigenvalue weighted by atomic mass is 10.4. The number of carboxylic acids is 1. The minimum Gasteiger partial charge on any atom is -0.477 e. The van der Waals surface area contributed by atoms with Gasteiger partial charge < -0.3 is 15.2 Å². The molecule has 10 heteroatoms. The molecule has 1 N–H and O–H groups in total. The highest BCUT2D eigenvalue weighted by molar-refractivity contribution is 8.01. The molecular weight excluding hydrogens is 316 g/mol. The maximum absolute atomic E-state index is 10.9. The molecule has 0 aromatic carbocycles. The maximum atomic E-state index is 10.9. The molecule has 0 aliphatic carbocycles. The van der Waals surface area contributed by atoms with Gasteiger partial charge in [0.25, 0.3) is 0 Å². The molecule has 8 nitrogen and oxygen atoms in total. The van der Waals surface area contributed by atoms with E-state index in [4.69, 9.17) is 5.11 Å². The first-order valence-corrected chi connectivity index (χ1v) is 7.70. The number of aryl methyl sites for hydroxylation is 2. The van der Waals surface area contributed by atoms with Crippen LogP contribution in [-0.2, 0) is 6.54 Å². The number of nitrogens with zero attached hydrogens (tertiary/aromatic N) is 4. The number of thiazole rings is 1. The molecule has 0 bridgehead atoms. The zero-order valence-electron chi connectivity index (χ0n) is 11.3. The second-order valence-corrected chi connectivity index (χ2v) is 6.46. The summed E-state index contributed by atoms with van der Waals surface area (Å²) in [5.74, 6) is 0.0840. The number of nitro groups is 1. The number of imidazole rings is 1. The quantitative estimate of drug-likeness (QED) is 0.492. The standard InChI is InChI=1S/C11H12N4O4S2/c1-6-9(10(16)17)21-11(13-6)20-4-3-14-7(2)12-5-8(14)15(18)19/h5H,3-4H2,1-2H3,(H,16,17).